The number of aryl methyl sites for hydroxylation is 1. The van der Waals surface area contributed by atoms with Crippen molar-refractivity contribution in [3.63, 3.8) is 0 Å². The Balaban J connectivity index is 1.22. The van der Waals surface area contributed by atoms with E-state index in [2.05, 4.69) is 10.2 Å². The number of aromatic nitrogens is 2. The van der Waals surface area contributed by atoms with Crippen LogP contribution in [0.5, 0.6) is 17.2 Å². The lowest BCUT2D eigenvalue weighted by Gasteiger charge is -2.23. The van der Waals surface area contributed by atoms with Gasteiger partial charge in [-0.05, 0) is 77.7 Å². The number of aliphatic hydroxyl groups excluding tert-OH is 1. The van der Waals surface area contributed by atoms with Crippen LogP contribution in [-0.4, -0.2) is 34.1 Å². The lowest BCUT2D eigenvalue weighted by molar-refractivity contribution is -0.132. The maximum atomic E-state index is 13.9. The van der Waals surface area contributed by atoms with Crippen LogP contribution in [-0.2, 0) is 28.6 Å². The van der Waals surface area contributed by atoms with E-state index in [1.165, 1.54) is 23.8 Å². The molecule has 1 N–H and O–H groups in total. The van der Waals surface area contributed by atoms with Crippen LogP contribution < -0.4 is 19.1 Å². The van der Waals surface area contributed by atoms with Gasteiger partial charge in [-0.25, -0.2) is 0 Å². The van der Waals surface area contributed by atoms with Crippen molar-refractivity contribution >= 4 is 68.9 Å². The fourth-order valence-corrected chi connectivity index (χ4v) is 8.45. The van der Waals surface area contributed by atoms with Crippen LogP contribution in [0, 0.1) is 6.92 Å². The van der Waals surface area contributed by atoms with Gasteiger partial charge in [0, 0.05) is 21.4 Å². The highest BCUT2D eigenvalue weighted by Gasteiger charge is 2.48. The number of carbonyl (C=O) groups excluding carboxylic acids is 2. The van der Waals surface area contributed by atoms with Crippen LogP contribution in [0.25, 0.3) is 5.76 Å². The zero-order valence-electron chi connectivity index (χ0n) is 29.6. The van der Waals surface area contributed by atoms with Crippen LogP contribution in [0.2, 0.25) is 10.0 Å². The first-order chi connectivity index (χ1) is 26.7. The SMILES string of the molecule is COc1cc(C2/C(=C(\O)c3ccc(OCc4cccc(C)c4)cc3)C(=O)C(=O)N2c2nnc(SCc3ccc(Cl)cc3Cl)s2)ccc1OCc1ccccc1. The molecule has 6 aromatic rings. The van der Waals surface area contributed by atoms with Gasteiger partial charge >= 0.3 is 5.91 Å². The molecule has 5 aromatic carbocycles. The van der Waals surface area contributed by atoms with E-state index in [1.807, 2.05) is 67.6 Å². The number of thioether (sulfide) groups is 1. The predicted molar refractivity (Wildman–Crippen MR) is 216 cm³/mol. The number of anilines is 1. The number of hydrogen-bond acceptors (Lipinski definition) is 10. The van der Waals surface area contributed by atoms with E-state index in [0.717, 1.165) is 33.6 Å². The Hall–Kier alpha value is -5.33. The fraction of sp³-hybridized carbons (Fsp3) is 0.143. The summed E-state index contributed by atoms with van der Waals surface area (Å²) >= 11 is 15.0. The fourth-order valence-electron chi connectivity index (χ4n) is 6.02. The molecule has 0 aliphatic carbocycles. The van der Waals surface area contributed by atoms with E-state index in [0.29, 0.717) is 61.7 Å². The van der Waals surface area contributed by atoms with Gasteiger partial charge in [0.05, 0.1) is 18.7 Å². The molecule has 0 spiro atoms. The molecule has 7 rings (SSSR count). The van der Waals surface area contributed by atoms with Crippen molar-refractivity contribution in [1.29, 1.82) is 0 Å². The summed E-state index contributed by atoms with van der Waals surface area (Å²) in [7, 11) is 1.51. The van der Waals surface area contributed by atoms with E-state index >= 15 is 0 Å². The van der Waals surface area contributed by atoms with Gasteiger partial charge in [0.25, 0.3) is 5.78 Å². The van der Waals surface area contributed by atoms with E-state index in [-0.39, 0.29) is 16.5 Å². The number of nitrogens with zero attached hydrogens (tertiary/aromatic N) is 3. The van der Waals surface area contributed by atoms with Crippen molar-refractivity contribution in [1.82, 2.24) is 10.2 Å². The van der Waals surface area contributed by atoms with Gasteiger partial charge in [-0.3, -0.25) is 14.5 Å². The molecule has 2 heterocycles. The maximum Gasteiger partial charge on any atom is 0.301 e. The Morgan fingerprint density at radius 1 is 0.836 bits per heavy atom. The quantitative estimate of drug-likeness (QED) is 0.0401. The molecule has 1 fully saturated rings. The van der Waals surface area contributed by atoms with Crippen LogP contribution in [0.15, 0.2) is 125 Å². The van der Waals surface area contributed by atoms with E-state index < -0.39 is 17.7 Å². The van der Waals surface area contributed by atoms with Crippen molar-refractivity contribution in [3.8, 4) is 17.2 Å². The standard InChI is InChI=1S/C42H33Cl2N3O6S2/c1-25-7-6-10-27(19-25)23-52-32-16-12-28(13-17-32)38(48)36-37(29-14-18-34(35(20-29)51-2)53-22-26-8-4-3-5-9-26)47(40(50)39(36)49)41-45-46-42(55-41)54-24-30-11-15-31(43)21-33(30)44/h3-21,37,48H,22-24H2,1-2H3/b38-36+. The van der Waals surface area contributed by atoms with Crippen LogP contribution >= 0.6 is 46.3 Å². The van der Waals surface area contributed by atoms with Crippen LogP contribution in [0.1, 0.15) is 39.4 Å². The third-order valence-corrected chi connectivity index (χ3v) is 11.5. The maximum absolute atomic E-state index is 13.9. The van der Waals surface area contributed by atoms with Crippen molar-refractivity contribution in [2.24, 2.45) is 0 Å². The molecule has 1 saturated heterocycles. The van der Waals surface area contributed by atoms with Gasteiger partial charge < -0.3 is 19.3 Å². The Kier molecular flexibility index (Phi) is 11.7. The lowest BCUT2D eigenvalue weighted by atomic mass is 9.95. The summed E-state index contributed by atoms with van der Waals surface area (Å²) in [6, 6.07) is 33.8. The second kappa shape index (κ2) is 17.0. The van der Waals surface area contributed by atoms with E-state index in [4.69, 9.17) is 37.4 Å². The van der Waals surface area contributed by atoms with Gasteiger partial charge in [0.1, 0.15) is 24.7 Å². The molecule has 1 aromatic heterocycles. The summed E-state index contributed by atoms with van der Waals surface area (Å²) in [5.74, 6) is -0.199. The number of aliphatic hydroxyl groups is 1. The smallest absolute Gasteiger partial charge is 0.301 e. The number of rotatable bonds is 13. The first-order valence-corrected chi connectivity index (χ1v) is 19.6. The highest BCUT2D eigenvalue weighted by atomic mass is 35.5. The number of halogens is 2. The first kappa shape index (κ1) is 38.0. The summed E-state index contributed by atoms with van der Waals surface area (Å²) in [6.45, 7) is 2.68. The molecule has 13 heteroatoms. The molecule has 0 radical (unpaired) electrons. The second-order valence-electron chi connectivity index (χ2n) is 12.5. The topological polar surface area (TPSA) is 111 Å². The molecule has 1 aliphatic heterocycles. The number of amides is 1. The van der Waals surface area contributed by atoms with Crippen molar-refractivity contribution in [3.05, 3.63) is 164 Å². The Bertz CT molecular complexity index is 2390. The summed E-state index contributed by atoms with van der Waals surface area (Å²) in [4.78, 5) is 29.1. The van der Waals surface area contributed by atoms with E-state index in [9.17, 15) is 14.7 Å². The molecule has 1 atom stereocenters. The zero-order chi connectivity index (χ0) is 38.5. The average molecular weight is 811 g/mol. The minimum Gasteiger partial charge on any atom is -0.507 e. The van der Waals surface area contributed by atoms with Crippen molar-refractivity contribution in [2.45, 2.75) is 36.3 Å². The van der Waals surface area contributed by atoms with Crippen molar-refractivity contribution in [2.75, 3.05) is 12.0 Å². The average Bonchev–Trinajstić information content (AvgIpc) is 3.77. The summed E-state index contributed by atoms with van der Waals surface area (Å²) in [5, 5.41) is 21.7. The van der Waals surface area contributed by atoms with Gasteiger partial charge in [-0.15, -0.1) is 10.2 Å². The van der Waals surface area contributed by atoms with Gasteiger partial charge in [0.2, 0.25) is 5.13 Å². The summed E-state index contributed by atoms with van der Waals surface area (Å²) < 4.78 is 18.3. The number of Topliss-reactive ketones (excluding diaryl/α,β-unsaturated/α-hetero) is 1. The van der Waals surface area contributed by atoms with Gasteiger partial charge in [-0.1, -0.05) is 119 Å². The molecule has 1 unspecified atom stereocenters. The molecule has 9 nitrogen and oxygen atoms in total. The largest absolute Gasteiger partial charge is 0.507 e. The minimum atomic E-state index is -1.08. The lowest BCUT2D eigenvalue weighted by Crippen LogP contribution is -2.29. The molecular weight excluding hydrogens is 778 g/mol. The monoisotopic (exact) mass is 809 g/mol. The highest BCUT2D eigenvalue weighted by Crippen LogP contribution is 2.46. The number of methoxy groups -OCH3 is 1. The second-order valence-corrected chi connectivity index (χ2v) is 15.6. The number of carbonyl (C=O) groups is 2. The van der Waals surface area contributed by atoms with Gasteiger partial charge in [0.15, 0.2) is 15.8 Å². The molecule has 278 valence electrons. The molecule has 1 amide bonds. The zero-order valence-corrected chi connectivity index (χ0v) is 32.7. The van der Waals surface area contributed by atoms with Crippen LogP contribution in [0.3, 0.4) is 0 Å². The molecule has 1 aliphatic rings. The molecule has 55 heavy (non-hydrogen) atoms. The number of hydrogen-bond donors (Lipinski definition) is 1. The number of ether oxygens (including phenoxy) is 3. The van der Waals surface area contributed by atoms with E-state index in [1.54, 1.807) is 54.6 Å². The molecule has 0 bridgehead atoms. The third-order valence-electron chi connectivity index (χ3n) is 8.77. The minimum absolute atomic E-state index is 0.115. The van der Waals surface area contributed by atoms with Crippen LogP contribution in [0.4, 0.5) is 5.13 Å². The summed E-state index contributed by atoms with van der Waals surface area (Å²) in [6.07, 6.45) is 0. The third kappa shape index (κ3) is 8.66. The first-order valence-electron chi connectivity index (χ1n) is 17.0. The van der Waals surface area contributed by atoms with Crippen molar-refractivity contribution < 1.29 is 28.9 Å². The highest BCUT2D eigenvalue weighted by molar-refractivity contribution is 8.00. The Morgan fingerprint density at radius 2 is 1.60 bits per heavy atom. The normalized spacial score (nSPS) is 15.0. The Labute approximate surface area is 336 Å². The van der Waals surface area contributed by atoms with Gasteiger partial charge in [-0.2, -0.15) is 0 Å². The molecular formula is C42H33Cl2N3O6S2. The number of benzene rings is 5. The number of ketones is 1. The molecule has 0 saturated carbocycles. The predicted octanol–water partition coefficient (Wildman–Crippen LogP) is 10.2. The Morgan fingerprint density at radius 3 is 2.35 bits per heavy atom. The summed E-state index contributed by atoms with van der Waals surface area (Å²) in [5.41, 5.74) is 4.67.